The molecule has 4 heterocycles. The second kappa shape index (κ2) is 9.96. The maximum atomic E-state index is 5.56. The molecule has 0 bridgehead atoms. The van der Waals surface area contributed by atoms with Crippen LogP contribution in [0, 0.1) is 6.92 Å². The third kappa shape index (κ3) is 4.44. The van der Waals surface area contributed by atoms with Gasteiger partial charge in [0.1, 0.15) is 11.6 Å². The summed E-state index contributed by atoms with van der Waals surface area (Å²) in [7, 11) is 3.27. The second-order valence-corrected chi connectivity index (χ2v) is 8.77. The number of rotatable bonds is 8. The Hall–Kier alpha value is -3.21. The van der Waals surface area contributed by atoms with Crippen molar-refractivity contribution < 1.29 is 14.2 Å². The van der Waals surface area contributed by atoms with Crippen molar-refractivity contribution in [2.24, 2.45) is 0 Å². The fraction of sp³-hybridized carbons (Fsp3) is 0.375. The Morgan fingerprint density at radius 3 is 2.62 bits per heavy atom. The number of anilines is 1. The van der Waals surface area contributed by atoms with Gasteiger partial charge in [0.25, 0.3) is 0 Å². The summed E-state index contributed by atoms with van der Waals surface area (Å²) in [6.45, 7) is 7.08. The number of aryl methyl sites for hydroxylation is 1. The molecule has 0 saturated carbocycles. The van der Waals surface area contributed by atoms with Gasteiger partial charge in [0.2, 0.25) is 0 Å². The Labute approximate surface area is 202 Å². The maximum Gasteiger partial charge on any atom is 0.170 e. The Kier molecular flexibility index (Phi) is 6.61. The molecule has 3 aromatic heterocycles. The Balaban J connectivity index is 1.58. The fourth-order valence-corrected chi connectivity index (χ4v) is 4.78. The lowest BCUT2D eigenvalue weighted by Crippen LogP contribution is -2.39. The molecule has 5 rings (SSSR count). The third-order valence-corrected chi connectivity index (χ3v) is 6.53. The fourth-order valence-electron chi connectivity index (χ4n) is 4.14. The largest absolute Gasteiger partial charge is 0.493 e. The van der Waals surface area contributed by atoms with E-state index in [-0.39, 0.29) is 0 Å². The van der Waals surface area contributed by atoms with E-state index in [1.807, 2.05) is 30.5 Å². The molecule has 9 nitrogen and oxygen atoms in total. The molecule has 10 heteroatoms. The molecule has 1 N–H and O–H groups in total. The quantitative estimate of drug-likeness (QED) is 0.409. The van der Waals surface area contributed by atoms with Crippen molar-refractivity contribution >= 4 is 28.3 Å². The molecule has 1 aliphatic heterocycles. The molecular weight excluding hydrogens is 452 g/mol. The molecule has 0 aliphatic carbocycles. The molecular formula is C24H28N6O3S. The number of ether oxygens (including phenoxy) is 3. The molecule has 1 saturated heterocycles. The van der Waals surface area contributed by atoms with Crippen molar-refractivity contribution in [1.82, 2.24) is 24.4 Å². The number of nitrogens with zero attached hydrogens (tertiary/aromatic N) is 5. The molecule has 1 fully saturated rings. The summed E-state index contributed by atoms with van der Waals surface area (Å²) in [6.07, 6.45) is 0. The number of fused-ring (bicyclic) bond motifs is 1. The molecule has 4 aromatic rings. The van der Waals surface area contributed by atoms with Crippen LogP contribution < -0.4 is 14.8 Å². The average molecular weight is 481 g/mol. The lowest BCUT2D eigenvalue weighted by atomic mass is 10.2. The van der Waals surface area contributed by atoms with E-state index in [9.17, 15) is 0 Å². The van der Waals surface area contributed by atoms with Gasteiger partial charge in [-0.05, 0) is 30.5 Å². The van der Waals surface area contributed by atoms with Crippen LogP contribution in [0.15, 0.2) is 35.0 Å². The van der Waals surface area contributed by atoms with Crippen molar-refractivity contribution in [3.8, 4) is 28.6 Å². The summed E-state index contributed by atoms with van der Waals surface area (Å²) in [5.74, 6) is 3.54. The minimum Gasteiger partial charge on any atom is -0.493 e. The summed E-state index contributed by atoms with van der Waals surface area (Å²) in [5, 5.41) is 7.64. The molecule has 0 unspecified atom stereocenters. The topological polar surface area (TPSA) is 86.6 Å². The zero-order valence-electron chi connectivity index (χ0n) is 19.6. The minimum atomic E-state index is 0.646. The van der Waals surface area contributed by atoms with E-state index in [0.29, 0.717) is 17.3 Å². The van der Waals surface area contributed by atoms with Crippen LogP contribution in [0.2, 0.25) is 0 Å². The van der Waals surface area contributed by atoms with Gasteiger partial charge in [-0.1, -0.05) is 0 Å². The number of nitrogens with one attached hydrogen (secondary N) is 1. The molecule has 1 aliphatic rings. The van der Waals surface area contributed by atoms with Crippen LogP contribution >= 0.6 is 11.3 Å². The lowest BCUT2D eigenvalue weighted by Gasteiger charge is -2.26. The first-order chi connectivity index (χ1) is 16.7. The van der Waals surface area contributed by atoms with Gasteiger partial charge in [0, 0.05) is 43.2 Å². The number of hydrogen-bond donors (Lipinski definition) is 1. The number of hydrogen-bond acceptors (Lipinski definition) is 9. The monoisotopic (exact) mass is 480 g/mol. The predicted octanol–water partition coefficient (Wildman–Crippen LogP) is 3.61. The van der Waals surface area contributed by atoms with Gasteiger partial charge in [-0.25, -0.2) is 15.0 Å². The Morgan fingerprint density at radius 2 is 1.88 bits per heavy atom. The van der Waals surface area contributed by atoms with Crippen molar-refractivity contribution in [3.05, 3.63) is 40.8 Å². The van der Waals surface area contributed by atoms with Gasteiger partial charge in [-0.2, -0.15) is 11.3 Å². The van der Waals surface area contributed by atoms with Gasteiger partial charge >= 0.3 is 0 Å². The zero-order valence-corrected chi connectivity index (χ0v) is 20.4. The summed E-state index contributed by atoms with van der Waals surface area (Å²) >= 11 is 1.63. The number of benzene rings is 1. The van der Waals surface area contributed by atoms with Crippen molar-refractivity contribution in [2.45, 2.75) is 6.92 Å². The molecule has 0 amide bonds. The van der Waals surface area contributed by atoms with Crippen LogP contribution in [0.25, 0.3) is 28.2 Å². The molecule has 34 heavy (non-hydrogen) atoms. The van der Waals surface area contributed by atoms with E-state index in [0.717, 1.165) is 73.4 Å². The van der Waals surface area contributed by atoms with Crippen LogP contribution in [-0.4, -0.2) is 78.0 Å². The van der Waals surface area contributed by atoms with Crippen molar-refractivity contribution in [2.75, 3.05) is 58.9 Å². The van der Waals surface area contributed by atoms with Crippen LogP contribution in [-0.2, 0) is 4.74 Å². The van der Waals surface area contributed by atoms with Gasteiger partial charge < -0.3 is 19.5 Å². The molecule has 0 atom stereocenters. The number of aromatic nitrogens is 4. The highest BCUT2D eigenvalue weighted by Crippen LogP contribution is 2.35. The standard InChI is InChI=1S/C24H28N6O3S/c1-16-26-22(25-7-8-29-9-11-33-12-10-29)21-24(27-16)30(23(28-21)17-6-13-34-15-17)18-4-5-19(31-2)20(14-18)32-3/h4-6,13-15H,7-12H2,1-3H3,(H,25,26,27). The molecule has 0 spiro atoms. The first-order valence-electron chi connectivity index (χ1n) is 11.2. The van der Waals surface area contributed by atoms with E-state index in [4.69, 9.17) is 29.2 Å². The van der Waals surface area contributed by atoms with Crippen LogP contribution in [0.1, 0.15) is 5.82 Å². The highest BCUT2D eigenvalue weighted by Gasteiger charge is 2.21. The maximum absolute atomic E-state index is 5.56. The van der Waals surface area contributed by atoms with E-state index in [2.05, 4.69) is 26.2 Å². The number of thiophene rings is 1. The highest BCUT2D eigenvalue weighted by atomic mass is 32.1. The van der Waals surface area contributed by atoms with Gasteiger partial charge in [0.05, 0.1) is 33.1 Å². The summed E-state index contributed by atoms with van der Waals surface area (Å²) < 4.78 is 18.5. The Bertz CT molecular complexity index is 1270. The smallest absolute Gasteiger partial charge is 0.170 e. The second-order valence-electron chi connectivity index (χ2n) is 7.99. The van der Waals surface area contributed by atoms with Gasteiger partial charge in [-0.15, -0.1) is 0 Å². The SMILES string of the molecule is COc1ccc(-n2c(-c3ccsc3)nc3c(NCCN4CCOCC4)nc(C)nc32)cc1OC. The summed E-state index contributed by atoms with van der Waals surface area (Å²) in [4.78, 5) is 16.9. The summed E-state index contributed by atoms with van der Waals surface area (Å²) in [6, 6.07) is 7.89. The predicted molar refractivity (Wildman–Crippen MR) is 134 cm³/mol. The summed E-state index contributed by atoms with van der Waals surface area (Å²) in [5.41, 5.74) is 3.40. The van der Waals surface area contributed by atoms with Crippen LogP contribution in [0.5, 0.6) is 11.5 Å². The van der Waals surface area contributed by atoms with Crippen molar-refractivity contribution in [1.29, 1.82) is 0 Å². The van der Waals surface area contributed by atoms with Crippen LogP contribution in [0.4, 0.5) is 5.82 Å². The molecule has 1 aromatic carbocycles. The van der Waals surface area contributed by atoms with Gasteiger partial charge in [-0.3, -0.25) is 9.47 Å². The van der Waals surface area contributed by atoms with E-state index in [1.165, 1.54) is 0 Å². The zero-order chi connectivity index (χ0) is 23.5. The van der Waals surface area contributed by atoms with Crippen molar-refractivity contribution in [3.63, 3.8) is 0 Å². The number of imidazole rings is 1. The van der Waals surface area contributed by atoms with Crippen LogP contribution in [0.3, 0.4) is 0 Å². The first-order valence-corrected chi connectivity index (χ1v) is 12.2. The third-order valence-electron chi connectivity index (χ3n) is 5.85. The first kappa shape index (κ1) is 22.6. The lowest BCUT2D eigenvalue weighted by molar-refractivity contribution is 0.0398. The normalized spacial score (nSPS) is 14.4. The minimum absolute atomic E-state index is 0.646. The number of morpholine rings is 1. The molecule has 0 radical (unpaired) electrons. The van der Waals surface area contributed by atoms with E-state index >= 15 is 0 Å². The van der Waals surface area contributed by atoms with E-state index < -0.39 is 0 Å². The van der Waals surface area contributed by atoms with Gasteiger partial charge in [0.15, 0.2) is 28.5 Å². The Morgan fingerprint density at radius 1 is 1.06 bits per heavy atom. The van der Waals surface area contributed by atoms with E-state index in [1.54, 1.807) is 25.6 Å². The molecule has 178 valence electrons. The highest BCUT2D eigenvalue weighted by molar-refractivity contribution is 7.08. The average Bonchev–Trinajstić information content (AvgIpc) is 3.52. The number of methoxy groups -OCH3 is 2.